The number of hydrogen-bond acceptors (Lipinski definition) is 3. The van der Waals surface area contributed by atoms with Gasteiger partial charge in [0.15, 0.2) is 0 Å². The van der Waals surface area contributed by atoms with Gasteiger partial charge in [-0.15, -0.1) is 0 Å². The van der Waals surface area contributed by atoms with Crippen LogP contribution in [-0.2, 0) is 0 Å². The smallest absolute Gasteiger partial charge is 0.127 e. The van der Waals surface area contributed by atoms with Gasteiger partial charge in [-0.05, 0) is 52.9 Å². The van der Waals surface area contributed by atoms with E-state index in [2.05, 4.69) is 32.5 Å². The highest BCUT2D eigenvalue weighted by Gasteiger charge is 1.93. The summed E-state index contributed by atoms with van der Waals surface area (Å²) in [5.74, 6) is 2.19. The second-order valence-corrected chi connectivity index (χ2v) is 4.77. The van der Waals surface area contributed by atoms with Crippen molar-refractivity contribution in [3.05, 3.63) is 22.8 Å². The van der Waals surface area contributed by atoms with E-state index in [1.54, 1.807) is 0 Å². The molecule has 0 aliphatic carbocycles. The fourth-order valence-corrected chi connectivity index (χ4v) is 1.93. The van der Waals surface area contributed by atoms with Crippen LogP contribution in [0.4, 0.5) is 5.82 Å². The van der Waals surface area contributed by atoms with Crippen molar-refractivity contribution >= 4 is 33.5 Å². The van der Waals surface area contributed by atoms with Gasteiger partial charge >= 0.3 is 0 Å². The van der Waals surface area contributed by atoms with Gasteiger partial charge in [0.2, 0.25) is 0 Å². The van der Waals surface area contributed by atoms with Gasteiger partial charge < -0.3 is 5.32 Å². The standard InChI is InChI=1S/C10H15BrN2S/c1-14-8-3-2-7-12-10-6-4-5-9(11)13-10/h4-6H,2-3,7-8H2,1H3,(H,12,13). The lowest BCUT2D eigenvalue weighted by Gasteiger charge is -2.04. The maximum atomic E-state index is 4.29. The third-order valence-corrected chi connectivity index (χ3v) is 2.94. The molecular weight excluding hydrogens is 260 g/mol. The molecule has 0 unspecified atom stereocenters. The summed E-state index contributed by atoms with van der Waals surface area (Å²) >= 11 is 5.24. The second kappa shape index (κ2) is 7.12. The van der Waals surface area contributed by atoms with Crippen LogP contribution in [0.15, 0.2) is 22.8 Å². The highest BCUT2D eigenvalue weighted by Crippen LogP contribution is 2.10. The van der Waals surface area contributed by atoms with Crippen molar-refractivity contribution in [3.8, 4) is 0 Å². The number of rotatable bonds is 6. The molecule has 1 heterocycles. The number of halogens is 1. The van der Waals surface area contributed by atoms with E-state index in [-0.39, 0.29) is 0 Å². The molecule has 4 heteroatoms. The van der Waals surface area contributed by atoms with Gasteiger partial charge in [-0.3, -0.25) is 0 Å². The topological polar surface area (TPSA) is 24.9 Å². The molecule has 14 heavy (non-hydrogen) atoms. The lowest BCUT2D eigenvalue weighted by Crippen LogP contribution is -2.03. The zero-order chi connectivity index (χ0) is 10.2. The molecule has 1 rings (SSSR count). The molecule has 0 aromatic carbocycles. The van der Waals surface area contributed by atoms with E-state index in [1.165, 1.54) is 18.6 Å². The largest absolute Gasteiger partial charge is 0.370 e. The van der Waals surface area contributed by atoms with Crippen LogP contribution in [0.1, 0.15) is 12.8 Å². The van der Waals surface area contributed by atoms with Crippen LogP contribution in [0.3, 0.4) is 0 Å². The van der Waals surface area contributed by atoms with Crippen molar-refractivity contribution in [2.24, 2.45) is 0 Å². The Balaban J connectivity index is 2.18. The van der Waals surface area contributed by atoms with E-state index in [0.29, 0.717) is 0 Å². The Bertz CT molecular complexity index is 268. The normalized spacial score (nSPS) is 10.1. The molecule has 0 radical (unpaired) electrons. The molecule has 1 aromatic rings. The molecule has 0 amide bonds. The molecule has 78 valence electrons. The molecule has 0 saturated carbocycles. The maximum Gasteiger partial charge on any atom is 0.127 e. The number of anilines is 1. The number of aromatic nitrogens is 1. The average Bonchev–Trinajstić information content (AvgIpc) is 2.18. The van der Waals surface area contributed by atoms with Crippen LogP contribution in [0.2, 0.25) is 0 Å². The molecule has 0 aliphatic heterocycles. The zero-order valence-electron chi connectivity index (χ0n) is 8.29. The Morgan fingerprint density at radius 1 is 1.43 bits per heavy atom. The fraction of sp³-hybridized carbons (Fsp3) is 0.500. The monoisotopic (exact) mass is 274 g/mol. The first-order chi connectivity index (χ1) is 6.83. The number of nitrogens with zero attached hydrogens (tertiary/aromatic N) is 1. The summed E-state index contributed by atoms with van der Waals surface area (Å²) in [4.78, 5) is 4.29. The van der Waals surface area contributed by atoms with Crippen LogP contribution < -0.4 is 5.32 Å². The third kappa shape index (κ3) is 4.86. The van der Waals surface area contributed by atoms with E-state index in [9.17, 15) is 0 Å². The predicted molar refractivity (Wildman–Crippen MR) is 68.0 cm³/mol. The molecule has 0 spiro atoms. The van der Waals surface area contributed by atoms with E-state index in [1.807, 2.05) is 30.0 Å². The number of hydrogen-bond donors (Lipinski definition) is 1. The van der Waals surface area contributed by atoms with Gasteiger partial charge in [-0.2, -0.15) is 11.8 Å². The van der Waals surface area contributed by atoms with Crippen molar-refractivity contribution in [2.45, 2.75) is 12.8 Å². The summed E-state index contributed by atoms with van der Waals surface area (Å²) < 4.78 is 0.881. The minimum Gasteiger partial charge on any atom is -0.370 e. The van der Waals surface area contributed by atoms with Crippen molar-refractivity contribution in [1.82, 2.24) is 4.98 Å². The van der Waals surface area contributed by atoms with Gasteiger partial charge in [-0.25, -0.2) is 4.98 Å². The molecule has 2 nitrogen and oxygen atoms in total. The molecule has 0 atom stereocenters. The van der Waals surface area contributed by atoms with Crippen LogP contribution in [0.25, 0.3) is 0 Å². The summed E-state index contributed by atoms with van der Waals surface area (Å²) in [7, 11) is 0. The molecule has 0 fully saturated rings. The summed E-state index contributed by atoms with van der Waals surface area (Å²) in [5.41, 5.74) is 0. The van der Waals surface area contributed by atoms with Crippen LogP contribution in [-0.4, -0.2) is 23.5 Å². The van der Waals surface area contributed by atoms with E-state index >= 15 is 0 Å². The van der Waals surface area contributed by atoms with Gasteiger partial charge in [0, 0.05) is 6.54 Å². The van der Waals surface area contributed by atoms with Crippen LogP contribution >= 0.6 is 27.7 Å². The third-order valence-electron chi connectivity index (χ3n) is 1.80. The molecule has 1 N–H and O–H groups in total. The molecule has 0 saturated heterocycles. The Kier molecular flexibility index (Phi) is 6.03. The van der Waals surface area contributed by atoms with E-state index < -0.39 is 0 Å². The quantitative estimate of drug-likeness (QED) is 0.636. The van der Waals surface area contributed by atoms with Crippen molar-refractivity contribution < 1.29 is 0 Å². The number of thioether (sulfide) groups is 1. The predicted octanol–water partition coefficient (Wildman–Crippen LogP) is 3.40. The SMILES string of the molecule is CSCCCCNc1cccc(Br)n1. The van der Waals surface area contributed by atoms with Crippen molar-refractivity contribution in [1.29, 1.82) is 0 Å². The zero-order valence-corrected chi connectivity index (χ0v) is 10.7. The first-order valence-corrected chi connectivity index (χ1v) is 6.87. The summed E-state index contributed by atoms with van der Waals surface area (Å²) in [6, 6.07) is 5.90. The minimum atomic E-state index is 0.881. The minimum absolute atomic E-state index is 0.881. The summed E-state index contributed by atoms with van der Waals surface area (Å²) in [6.45, 7) is 1.00. The average molecular weight is 275 g/mol. The molecule has 0 aliphatic rings. The molecule has 1 aromatic heterocycles. The van der Waals surface area contributed by atoms with Crippen LogP contribution in [0, 0.1) is 0 Å². The Labute approximate surface area is 98.0 Å². The number of pyridine rings is 1. The summed E-state index contributed by atoms with van der Waals surface area (Å²) in [6.07, 6.45) is 4.61. The number of unbranched alkanes of at least 4 members (excludes halogenated alkanes) is 1. The van der Waals surface area contributed by atoms with Gasteiger partial charge in [-0.1, -0.05) is 6.07 Å². The van der Waals surface area contributed by atoms with E-state index in [0.717, 1.165) is 17.0 Å². The summed E-state index contributed by atoms with van der Waals surface area (Å²) in [5, 5.41) is 3.29. The first kappa shape index (κ1) is 11.9. The maximum absolute atomic E-state index is 4.29. The Morgan fingerprint density at radius 2 is 2.29 bits per heavy atom. The highest BCUT2D eigenvalue weighted by molar-refractivity contribution is 9.10. The van der Waals surface area contributed by atoms with Crippen molar-refractivity contribution in [2.75, 3.05) is 23.9 Å². The molecule has 0 bridgehead atoms. The Morgan fingerprint density at radius 3 is 3.00 bits per heavy atom. The molecular formula is C10H15BrN2S. The Hall–Kier alpha value is -0.220. The van der Waals surface area contributed by atoms with Gasteiger partial charge in [0.05, 0.1) is 0 Å². The van der Waals surface area contributed by atoms with E-state index in [4.69, 9.17) is 0 Å². The lowest BCUT2D eigenvalue weighted by molar-refractivity contribution is 0.839. The van der Waals surface area contributed by atoms with Crippen molar-refractivity contribution in [3.63, 3.8) is 0 Å². The fourth-order valence-electron chi connectivity index (χ4n) is 1.09. The van der Waals surface area contributed by atoms with Crippen LogP contribution in [0.5, 0.6) is 0 Å². The second-order valence-electron chi connectivity index (χ2n) is 2.97. The number of nitrogens with one attached hydrogen (secondary N) is 1. The highest BCUT2D eigenvalue weighted by atomic mass is 79.9. The van der Waals surface area contributed by atoms with Gasteiger partial charge in [0.25, 0.3) is 0 Å². The lowest BCUT2D eigenvalue weighted by atomic mass is 10.3. The van der Waals surface area contributed by atoms with Gasteiger partial charge in [0.1, 0.15) is 10.4 Å². The first-order valence-electron chi connectivity index (χ1n) is 4.68.